The minimum atomic E-state index is -0.639. The van der Waals surface area contributed by atoms with Gasteiger partial charge in [0.1, 0.15) is 11.6 Å². The van der Waals surface area contributed by atoms with Gasteiger partial charge in [0, 0.05) is 42.9 Å². The van der Waals surface area contributed by atoms with Gasteiger partial charge in [-0.25, -0.2) is 4.79 Å². The molecule has 2 aliphatic rings. The number of hydrogen-bond donors (Lipinski definition) is 2. The summed E-state index contributed by atoms with van der Waals surface area (Å²) in [7, 11) is 3.18. The number of aromatic amines is 1. The fourth-order valence-electron chi connectivity index (χ4n) is 4.67. The highest BCUT2D eigenvalue weighted by atomic mass is 16.5. The van der Waals surface area contributed by atoms with Crippen LogP contribution in [0.15, 0.2) is 63.7 Å². The number of hydrogen-bond acceptors (Lipinski definition) is 6. The number of rotatable bonds is 6. The Labute approximate surface area is 189 Å². The first kappa shape index (κ1) is 21.0. The smallest absolute Gasteiger partial charge is 0.329 e. The van der Waals surface area contributed by atoms with Gasteiger partial charge < -0.3 is 14.8 Å². The van der Waals surface area contributed by atoms with E-state index in [9.17, 15) is 14.4 Å². The van der Waals surface area contributed by atoms with Gasteiger partial charge in [0.05, 0.1) is 18.4 Å². The number of H-pyrrole nitrogens is 1. The van der Waals surface area contributed by atoms with E-state index in [0.29, 0.717) is 53.5 Å². The molecular weight excluding hydrogens is 422 g/mol. The molecule has 168 valence electrons. The predicted octanol–water partition coefficient (Wildman–Crippen LogP) is 2.75. The Morgan fingerprint density at radius 2 is 1.70 bits per heavy atom. The molecule has 8 heteroatoms. The number of fused-ring (bicyclic) bond motifs is 3. The van der Waals surface area contributed by atoms with Crippen LogP contribution in [0.5, 0.6) is 5.75 Å². The fraction of sp³-hybridized carbons (Fsp3) is 0.240. The number of nitrogens with one attached hydrogen (secondary N) is 2. The van der Waals surface area contributed by atoms with Crippen LogP contribution in [0.3, 0.4) is 0 Å². The molecule has 1 aliphatic carbocycles. The van der Waals surface area contributed by atoms with Crippen molar-refractivity contribution in [3.05, 3.63) is 97.2 Å². The summed E-state index contributed by atoms with van der Waals surface area (Å²) >= 11 is 0. The molecule has 2 aromatic carbocycles. The van der Waals surface area contributed by atoms with Crippen molar-refractivity contribution in [3.63, 3.8) is 0 Å². The third kappa shape index (κ3) is 3.30. The van der Waals surface area contributed by atoms with Gasteiger partial charge in [0.2, 0.25) is 0 Å². The van der Waals surface area contributed by atoms with E-state index in [4.69, 9.17) is 9.47 Å². The highest BCUT2D eigenvalue weighted by Gasteiger charge is 2.42. The predicted molar refractivity (Wildman–Crippen MR) is 124 cm³/mol. The number of aromatic nitrogens is 2. The SMILES string of the molecule is COCCCn1c2c(c(=O)[nH]c1=O)[C@H](c1ccc(OC)cc1)C1=C(N2)c2ccccc2C1=O. The zero-order valence-electron chi connectivity index (χ0n) is 18.3. The van der Waals surface area contributed by atoms with E-state index < -0.39 is 17.2 Å². The molecule has 0 radical (unpaired) electrons. The molecule has 8 nitrogen and oxygen atoms in total. The number of carbonyl (C=O) groups excluding carboxylic acids is 1. The van der Waals surface area contributed by atoms with Gasteiger partial charge in [0.15, 0.2) is 5.78 Å². The quantitative estimate of drug-likeness (QED) is 0.566. The second-order valence-corrected chi connectivity index (χ2v) is 8.01. The topological polar surface area (TPSA) is 102 Å². The van der Waals surface area contributed by atoms with Crippen molar-refractivity contribution in [2.75, 3.05) is 26.1 Å². The van der Waals surface area contributed by atoms with Gasteiger partial charge in [-0.05, 0) is 24.1 Å². The molecule has 33 heavy (non-hydrogen) atoms. The van der Waals surface area contributed by atoms with Crippen molar-refractivity contribution in [2.45, 2.75) is 18.9 Å². The number of carbonyl (C=O) groups is 1. The van der Waals surface area contributed by atoms with Crippen molar-refractivity contribution in [3.8, 4) is 5.75 Å². The van der Waals surface area contributed by atoms with Crippen LogP contribution >= 0.6 is 0 Å². The van der Waals surface area contributed by atoms with E-state index in [1.807, 2.05) is 30.3 Å². The Morgan fingerprint density at radius 3 is 2.39 bits per heavy atom. The maximum atomic E-state index is 13.5. The average Bonchev–Trinajstić information content (AvgIpc) is 3.12. The number of ether oxygens (including phenoxy) is 2. The molecule has 0 saturated heterocycles. The minimum absolute atomic E-state index is 0.129. The number of benzene rings is 2. The van der Waals surface area contributed by atoms with Crippen LogP contribution in [-0.4, -0.2) is 36.2 Å². The Bertz CT molecular complexity index is 1400. The first-order chi connectivity index (χ1) is 16.0. The summed E-state index contributed by atoms with van der Waals surface area (Å²) in [5.74, 6) is 0.307. The van der Waals surface area contributed by atoms with E-state index >= 15 is 0 Å². The van der Waals surface area contributed by atoms with E-state index in [2.05, 4.69) is 10.3 Å². The zero-order chi connectivity index (χ0) is 23.1. The molecule has 0 unspecified atom stereocenters. The molecule has 0 amide bonds. The number of ketones is 1. The third-order valence-corrected chi connectivity index (χ3v) is 6.19. The van der Waals surface area contributed by atoms with Crippen LogP contribution in [0.1, 0.15) is 39.4 Å². The van der Waals surface area contributed by atoms with Crippen molar-refractivity contribution in [1.29, 1.82) is 0 Å². The van der Waals surface area contributed by atoms with Gasteiger partial charge >= 0.3 is 5.69 Å². The van der Waals surface area contributed by atoms with Gasteiger partial charge in [-0.1, -0.05) is 36.4 Å². The fourth-order valence-corrected chi connectivity index (χ4v) is 4.67. The van der Waals surface area contributed by atoms with Crippen LogP contribution in [0.2, 0.25) is 0 Å². The van der Waals surface area contributed by atoms with E-state index in [1.54, 1.807) is 32.4 Å². The van der Waals surface area contributed by atoms with Crippen LogP contribution in [-0.2, 0) is 11.3 Å². The van der Waals surface area contributed by atoms with E-state index in [-0.39, 0.29) is 5.78 Å². The molecule has 3 aromatic rings. The lowest BCUT2D eigenvalue weighted by molar-refractivity contribution is 0.103. The Balaban J connectivity index is 1.77. The zero-order valence-corrected chi connectivity index (χ0v) is 18.3. The van der Waals surface area contributed by atoms with E-state index in [1.165, 1.54) is 4.57 Å². The number of anilines is 1. The van der Waals surface area contributed by atoms with Gasteiger partial charge in [-0.2, -0.15) is 0 Å². The molecular formula is C25H23N3O5. The minimum Gasteiger partial charge on any atom is -0.497 e. The Morgan fingerprint density at radius 1 is 0.970 bits per heavy atom. The average molecular weight is 445 g/mol. The maximum absolute atomic E-state index is 13.5. The summed E-state index contributed by atoms with van der Waals surface area (Å²) in [4.78, 5) is 41.9. The van der Waals surface area contributed by atoms with Crippen LogP contribution < -0.4 is 21.3 Å². The summed E-state index contributed by atoms with van der Waals surface area (Å²) in [6.45, 7) is 0.823. The molecule has 1 aromatic heterocycles. The lowest BCUT2D eigenvalue weighted by atomic mass is 9.81. The molecule has 0 spiro atoms. The summed E-state index contributed by atoms with van der Waals surface area (Å²) in [6, 6.07) is 14.6. The molecule has 5 rings (SSSR count). The Hall–Kier alpha value is -3.91. The Kier molecular flexibility index (Phi) is 5.22. The lowest BCUT2D eigenvalue weighted by Crippen LogP contribution is -2.38. The normalized spacial score (nSPS) is 16.2. The van der Waals surface area contributed by atoms with E-state index in [0.717, 1.165) is 11.1 Å². The highest BCUT2D eigenvalue weighted by molar-refractivity contribution is 6.23. The summed E-state index contributed by atoms with van der Waals surface area (Å²) in [6.07, 6.45) is 0.588. The van der Waals surface area contributed by atoms with Crippen molar-refractivity contribution in [2.24, 2.45) is 0 Å². The molecule has 1 aliphatic heterocycles. The summed E-state index contributed by atoms with van der Waals surface area (Å²) in [5.41, 5.74) is 2.57. The van der Waals surface area contributed by atoms with Gasteiger partial charge in [-0.15, -0.1) is 0 Å². The number of nitrogens with zero attached hydrogens (tertiary/aromatic N) is 1. The van der Waals surface area contributed by atoms with Crippen LogP contribution in [0.4, 0.5) is 5.82 Å². The monoisotopic (exact) mass is 445 g/mol. The highest BCUT2D eigenvalue weighted by Crippen LogP contribution is 2.47. The second kappa shape index (κ2) is 8.22. The lowest BCUT2D eigenvalue weighted by Gasteiger charge is -2.29. The van der Waals surface area contributed by atoms with Crippen LogP contribution in [0.25, 0.3) is 5.70 Å². The summed E-state index contributed by atoms with van der Waals surface area (Å²) < 4.78 is 11.9. The summed E-state index contributed by atoms with van der Waals surface area (Å²) in [5, 5.41) is 3.28. The standard InChI is InChI=1S/C25H23N3O5/c1-32-13-5-12-28-23-20(24(30)27-25(28)31)18(14-8-10-15(33-2)11-9-14)19-21(26-23)16-6-3-4-7-17(16)22(19)29/h3-4,6-11,18,26H,5,12-13H2,1-2H3,(H,27,30,31)/t18-/m1/s1. The van der Waals surface area contributed by atoms with Crippen molar-refractivity contribution in [1.82, 2.24) is 9.55 Å². The molecule has 2 heterocycles. The molecule has 0 fully saturated rings. The third-order valence-electron chi connectivity index (χ3n) is 6.19. The molecule has 0 saturated carbocycles. The molecule has 1 atom stereocenters. The largest absolute Gasteiger partial charge is 0.497 e. The van der Waals surface area contributed by atoms with Gasteiger partial charge in [-0.3, -0.25) is 19.1 Å². The second-order valence-electron chi connectivity index (χ2n) is 8.01. The molecule has 0 bridgehead atoms. The van der Waals surface area contributed by atoms with Crippen molar-refractivity contribution >= 4 is 17.3 Å². The first-order valence-corrected chi connectivity index (χ1v) is 10.7. The number of Topliss-reactive ketones (excluding diaryl/α,β-unsaturated/α-hetero) is 1. The molecule has 2 N–H and O–H groups in total. The number of allylic oxidation sites excluding steroid dienone is 1. The first-order valence-electron chi connectivity index (χ1n) is 10.7. The van der Waals surface area contributed by atoms with Gasteiger partial charge in [0.25, 0.3) is 5.56 Å². The maximum Gasteiger partial charge on any atom is 0.329 e. The number of methoxy groups -OCH3 is 2. The van der Waals surface area contributed by atoms with Crippen molar-refractivity contribution < 1.29 is 14.3 Å². The van der Waals surface area contributed by atoms with Crippen LogP contribution in [0, 0.1) is 0 Å².